The molecule has 0 aromatic heterocycles. The number of halogens is 1. The summed E-state index contributed by atoms with van der Waals surface area (Å²) in [4.78, 5) is 0. The molecule has 0 radical (unpaired) electrons. The molecule has 2 nitrogen and oxygen atoms in total. The monoisotopic (exact) mass is 223 g/mol. The molecule has 0 bridgehead atoms. The molecule has 3 heteroatoms. The van der Waals surface area contributed by atoms with Gasteiger partial charge in [0.25, 0.3) is 0 Å². The second kappa shape index (κ2) is 4.83. The van der Waals surface area contributed by atoms with Crippen molar-refractivity contribution in [2.75, 3.05) is 6.54 Å². The first kappa shape index (κ1) is 11.4. The van der Waals surface area contributed by atoms with Crippen molar-refractivity contribution < 1.29 is 9.13 Å². The Morgan fingerprint density at radius 3 is 2.81 bits per heavy atom. The van der Waals surface area contributed by atoms with Crippen molar-refractivity contribution in [1.29, 1.82) is 0 Å². The Bertz CT molecular complexity index is 361. The third kappa shape index (κ3) is 2.53. The molecule has 0 heterocycles. The predicted octanol–water partition coefficient (Wildman–Crippen LogP) is 2.65. The van der Waals surface area contributed by atoms with E-state index >= 15 is 0 Å². The van der Waals surface area contributed by atoms with Crippen LogP contribution in [0.15, 0.2) is 18.2 Å². The molecule has 1 aromatic rings. The minimum absolute atomic E-state index is 0.175. The minimum atomic E-state index is -0.175. The van der Waals surface area contributed by atoms with Crippen molar-refractivity contribution in [1.82, 2.24) is 5.32 Å². The molecule has 2 rings (SSSR count). The van der Waals surface area contributed by atoms with Gasteiger partial charge in [-0.2, -0.15) is 0 Å². The van der Waals surface area contributed by atoms with Gasteiger partial charge in [-0.15, -0.1) is 0 Å². The van der Waals surface area contributed by atoms with Gasteiger partial charge in [0, 0.05) is 6.04 Å². The van der Waals surface area contributed by atoms with Gasteiger partial charge in [-0.05, 0) is 50.1 Å². The zero-order chi connectivity index (χ0) is 11.5. The Balaban J connectivity index is 1.84. The van der Waals surface area contributed by atoms with E-state index in [1.54, 1.807) is 19.1 Å². The lowest BCUT2D eigenvalue weighted by atomic mass is 9.89. The molecule has 1 aliphatic rings. The van der Waals surface area contributed by atoms with Crippen LogP contribution in [0.3, 0.4) is 0 Å². The SMILES string of the molecule is CCNC1CC(Oc2ccc(F)c(C)c2)C1. The lowest BCUT2D eigenvalue weighted by Gasteiger charge is -2.35. The van der Waals surface area contributed by atoms with E-state index < -0.39 is 0 Å². The molecule has 88 valence electrons. The molecule has 1 fully saturated rings. The average molecular weight is 223 g/mol. The second-order valence-corrected chi connectivity index (χ2v) is 4.38. The highest BCUT2D eigenvalue weighted by molar-refractivity contribution is 5.29. The molecule has 1 N–H and O–H groups in total. The Morgan fingerprint density at radius 2 is 2.19 bits per heavy atom. The van der Waals surface area contributed by atoms with Gasteiger partial charge < -0.3 is 10.1 Å². The Morgan fingerprint density at radius 1 is 1.44 bits per heavy atom. The van der Waals surface area contributed by atoms with E-state index in [1.165, 1.54) is 6.07 Å². The summed E-state index contributed by atoms with van der Waals surface area (Å²) in [6.45, 7) is 4.87. The maximum atomic E-state index is 13.0. The third-order valence-corrected chi connectivity index (χ3v) is 3.02. The van der Waals surface area contributed by atoms with Crippen molar-refractivity contribution in [3.8, 4) is 5.75 Å². The van der Waals surface area contributed by atoms with Gasteiger partial charge in [0.05, 0.1) is 0 Å². The highest BCUT2D eigenvalue weighted by Crippen LogP contribution is 2.26. The summed E-state index contributed by atoms with van der Waals surface area (Å²) in [6.07, 6.45) is 2.38. The quantitative estimate of drug-likeness (QED) is 0.847. The molecule has 0 atom stereocenters. The summed E-state index contributed by atoms with van der Waals surface area (Å²) in [6, 6.07) is 5.51. The number of rotatable bonds is 4. The molecule has 1 aromatic carbocycles. The minimum Gasteiger partial charge on any atom is -0.490 e. The molecule has 0 spiro atoms. The normalized spacial score (nSPS) is 23.9. The van der Waals surface area contributed by atoms with Crippen LogP contribution in [-0.2, 0) is 0 Å². The van der Waals surface area contributed by atoms with Crippen LogP contribution in [0.4, 0.5) is 4.39 Å². The summed E-state index contributed by atoms with van der Waals surface area (Å²) in [7, 11) is 0. The van der Waals surface area contributed by atoms with Gasteiger partial charge in [-0.1, -0.05) is 6.92 Å². The molecule has 1 saturated carbocycles. The first-order valence-electron chi connectivity index (χ1n) is 5.85. The van der Waals surface area contributed by atoms with Crippen LogP contribution in [0.1, 0.15) is 25.3 Å². The van der Waals surface area contributed by atoms with Crippen molar-refractivity contribution in [3.05, 3.63) is 29.6 Å². The van der Waals surface area contributed by atoms with Crippen LogP contribution in [0, 0.1) is 12.7 Å². The summed E-state index contributed by atoms with van der Waals surface area (Å²) < 4.78 is 18.8. The first-order valence-corrected chi connectivity index (χ1v) is 5.85. The molecular weight excluding hydrogens is 205 g/mol. The van der Waals surface area contributed by atoms with E-state index in [-0.39, 0.29) is 11.9 Å². The summed E-state index contributed by atoms with van der Waals surface area (Å²) in [5.74, 6) is 0.602. The molecule has 0 unspecified atom stereocenters. The zero-order valence-electron chi connectivity index (χ0n) is 9.79. The standard InChI is InChI=1S/C13H18FNO/c1-3-15-10-7-12(8-10)16-11-4-5-13(14)9(2)6-11/h4-6,10,12,15H,3,7-8H2,1-2H3. The van der Waals surface area contributed by atoms with E-state index in [0.29, 0.717) is 11.6 Å². The van der Waals surface area contributed by atoms with Crippen LogP contribution in [0.5, 0.6) is 5.75 Å². The number of aryl methyl sites for hydroxylation is 1. The maximum Gasteiger partial charge on any atom is 0.126 e. The van der Waals surface area contributed by atoms with Crippen LogP contribution in [0.25, 0.3) is 0 Å². The van der Waals surface area contributed by atoms with E-state index in [0.717, 1.165) is 25.1 Å². The summed E-state index contributed by atoms with van der Waals surface area (Å²) >= 11 is 0. The largest absolute Gasteiger partial charge is 0.490 e. The maximum absolute atomic E-state index is 13.0. The van der Waals surface area contributed by atoms with Gasteiger partial charge >= 0.3 is 0 Å². The Labute approximate surface area is 95.8 Å². The summed E-state index contributed by atoms with van der Waals surface area (Å²) in [5, 5.41) is 3.38. The Hall–Kier alpha value is -1.09. The lowest BCUT2D eigenvalue weighted by molar-refractivity contribution is 0.0858. The van der Waals surface area contributed by atoms with Crippen LogP contribution in [-0.4, -0.2) is 18.7 Å². The van der Waals surface area contributed by atoms with Crippen molar-refractivity contribution >= 4 is 0 Å². The Kier molecular flexibility index (Phi) is 3.44. The van der Waals surface area contributed by atoms with Gasteiger partial charge in [0.15, 0.2) is 0 Å². The van der Waals surface area contributed by atoms with E-state index in [1.807, 2.05) is 0 Å². The van der Waals surface area contributed by atoms with Gasteiger partial charge in [0.1, 0.15) is 17.7 Å². The molecule has 16 heavy (non-hydrogen) atoms. The number of nitrogens with one attached hydrogen (secondary N) is 1. The van der Waals surface area contributed by atoms with Crippen molar-refractivity contribution in [2.24, 2.45) is 0 Å². The molecule has 1 aliphatic carbocycles. The fraction of sp³-hybridized carbons (Fsp3) is 0.538. The fourth-order valence-electron chi connectivity index (χ4n) is 2.00. The third-order valence-electron chi connectivity index (χ3n) is 3.02. The lowest BCUT2D eigenvalue weighted by Crippen LogP contribution is -2.46. The van der Waals surface area contributed by atoms with Crippen LogP contribution < -0.4 is 10.1 Å². The molecule has 0 aliphatic heterocycles. The van der Waals surface area contributed by atoms with E-state index in [2.05, 4.69) is 12.2 Å². The zero-order valence-corrected chi connectivity index (χ0v) is 9.79. The number of benzene rings is 1. The van der Waals surface area contributed by atoms with Gasteiger partial charge in [-0.25, -0.2) is 4.39 Å². The number of hydrogen-bond acceptors (Lipinski definition) is 2. The number of ether oxygens (including phenoxy) is 1. The van der Waals surface area contributed by atoms with E-state index in [9.17, 15) is 4.39 Å². The van der Waals surface area contributed by atoms with Crippen molar-refractivity contribution in [2.45, 2.75) is 38.8 Å². The molecular formula is C13H18FNO. The second-order valence-electron chi connectivity index (χ2n) is 4.38. The highest BCUT2D eigenvalue weighted by Gasteiger charge is 2.29. The average Bonchev–Trinajstić information content (AvgIpc) is 2.20. The van der Waals surface area contributed by atoms with Gasteiger partial charge in [-0.3, -0.25) is 0 Å². The smallest absolute Gasteiger partial charge is 0.126 e. The summed E-state index contributed by atoms with van der Waals surface area (Å²) in [5.41, 5.74) is 0.639. The van der Waals surface area contributed by atoms with E-state index in [4.69, 9.17) is 4.74 Å². The van der Waals surface area contributed by atoms with Crippen LogP contribution >= 0.6 is 0 Å². The highest BCUT2D eigenvalue weighted by atomic mass is 19.1. The van der Waals surface area contributed by atoms with Crippen molar-refractivity contribution in [3.63, 3.8) is 0 Å². The topological polar surface area (TPSA) is 21.3 Å². The number of hydrogen-bond donors (Lipinski definition) is 1. The fourth-order valence-corrected chi connectivity index (χ4v) is 2.00. The van der Waals surface area contributed by atoms with Crippen LogP contribution in [0.2, 0.25) is 0 Å². The van der Waals surface area contributed by atoms with Gasteiger partial charge in [0.2, 0.25) is 0 Å². The molecule has 0 saturated heterocycles. The molecule has 0 amide bonds. The predicted molar refractivity (Wildman–Crippen MR) is 62.3 cm³/mol. The first-order chi connectivity index (χ1) is 7.69.